The quantitative estimate of drug-likeness (QED) is 0.533. The normalized spacial score (nSPS) is 10.8. The molecule has 0 radical (unpaired) electrons. The fourth-order valence-corrected chi connectivity index (χ4v) is 4.58. The van der Waals surface area contributed by atoms with Gasteiger partial charge in [0.05, 0.1) is 17.6 Å². The van der Waals surface area contributed by atoms with Crippen LogP contribution >= 0.6 is 59.1 Å². The molecule has 0 saturated heterocycles. The lowest BCUT2D eigenvalue weighted by molar-refractivity contribution is 1.14. The van der Waals surface area contributed by atoms with Gasteiger partial charge in [0.25, 0.3) is 0 Å². The number of halogens is 3. The van der Waals surface area contributed by atoms with Crippen molar-refractivity contribution in [1.29, 1.82) is 0 Å². The van der Waals surface area contributed by atoms with Crippen LogP contribution in [0.25, 0.3) is 10.4 Å². The van der Waals surface area contributed by atoms with Crippen LogP contribution in [0, 0.1) is 0 Å². The Bertz CT molecular complexity index is 500. The molecule has 4 heteroatoms. The smallest absolute Gasteiger partial charge is 0.0858 e. The molecule has 1 aromatic heterocycles. The van der Waals surface area contributed by atoms with E-state index in [1.165, 1.54) is 16.0 Å². The third kappa shape index (κ3) is 2.45. The van der Waals surface area contributed by atoms with E-state index in [0.29, 0.717) is 0 Å². The molecule has 0 aliphatic carbocycles. The Morgan fingerprint density at radius 3 is 2.06 bits per heavy atom. The van der Waals surface area contributed by atoms with Crippen LogP contribution in [-0.2, 0) is 6.42 Å². The van der Waals surface area contributed by atoms with Gasteiger partial charge in [-0.05, 0) is 65.3 Å². The molecule has 0 amide bonds. The van der Waals surface area contributed by atoms with Crippen molar-refractivity contribution < 1.29 is 0 Å². The Morgan fingerprint density at radius 2 is 1.62 bits per heavy atom. The number of benzene rings is 1. The maximum absolute atomic E-state index is 3.61. The largest absolute Gasteiger partial charge is 0.126 e. The Morgan fingerprint density at radius 1 is 1.00 bits per heavy atom. The van der Waals surface area contributed by atoms with Gasteiger partial charge in [0.15, 0.2) is 0 Å². The second-order valence-corrected chi connectivity index (χ2v) is 7.31. The Balaban J connectivity index is 2.46. The highest BCUT2D eigenvalue weighted by Gasteiger charge is 2.13. The number of rotatable bonds is 2. The van der Waals surface area contributed by atoms with Gasteiger partial charge >= 0.3 is 0 Å². The van der Waals surface area contributed by atoms with Crippen LogP contribution in [0.4, 0.5) is 0 Å². The van der Waals surface area contributed by atoms with Crippen LogP contribution in [0.1, 0.15) is 12.5 Å². The van der Waals surface area contributed by atoms with E-state index < -0.39 is 0 Å². The van der Waals surface area contributed by atoms with Crippen LogP contribution in [0.3, 0.4) is 0 Å². The van der Waals surface area contributed by atoms with E-state index in [1.807, 2.05) is 0 Å². The van der Waals surface area contributed by atoms with Gasteiger partial charge in [-0.25, -0.2) is 0 Å². The molecule has 0 N–H and O–H groups in total. The molecule has 1 heterocycles. The summed E-state index contributed by atoms with van der Waals surface area (Å²) in [7, 11) is 0. The third-order valence-electron chi connectivity index (χ3n) is 2.38. The SMILES string of the molecule is CCc1ccc(-c2sc(Br)c(Br)c2Br)cc1. The Labute approximate surface area is 124 Å². The minimum Gasteiger partial charge on any atom is -0.126 e. The van der Waals surface area contributed by atoms with E-state index in [2.05, 4.69) is 79.0 Å². The van der Waals surface area contributed by atoms with Crippen molar-refractivity contribution in [2.75, 3.05) is 0 Å². The van der Waals surface area contributed by atoms with Gasteiger partial charge in [0, 0.05) is 0 Å². The molecular formula is C12H9Br3S. The molecule has 16 heavy (non-hydrogen) atoms. The summed E-state index contributed by atoms with van der Waals surface area (Å²) in [4.78, 5) is 1.25. The maximum atomic E-state index is 3.61. The van der Waals surface area contributed by atoms with Gasteiger partial charge in [-0.1, -0.05) is 31.2 Å². The van der Waals surface area contributed by atoms with Crippen molar-refractivity contribution in [3.8, 4) is 10.4 Å². The lowest BCUT2D eigenvalue weighted by Crippen LogP contribution is -1.79. The molecular weight excluding hydrogens is 416 g/mol. The summed E-state index contributed by atoms with van der Waals surface area (Å²) in [5.74, 6) is 0. The molecule has 84 valence electrons. The molecule has 0 fully saturated rings. The fraction of sp³-hybridized carbons (Fsp3) is 0.167. The van der Waals surface area contributed by atoms with Crippen molar-refractivity contribution in [3.05, 3.63) is 42.6 Å². The molecule has 0 atom stereocenters. The topological polar surface area (TPSA) is 0 Å². The summed E-state index contributed by atoms with van der Waals surface area (Å²) in [5.41, 5.74) is 2.62. The highest BCUT2D eigenvalue weighted by atomic mass is 79.9. The monoisotopic (exact) mass is 422 g/mol. The minimum atomic E-state index is 1.08. The summed E-state index contributed by atoms with van der Waals surface area (Å²) >= 11 is 12.4. The first-order valence-electron chi connectivity index (χ1n) is 4.86. The number of thiophene rings is 1. The zero-order valence-electron chi connectivity index (χ0n) is 8.56. The van der Waals surface area contributed by atoms with E-state index >= 15 is 0 Å². The Hall–Kier alpha value is 0.360. The highest BCUT2D eigenvalue weighted by Crippen LogP contribution is 2.46. The number of aryl methyl sites for hydroxylation is 1. The van der Waals surface area contributed by atoms with Crippen LogP contribution < -0.4 is 0 Å². The summed E-state index contributed by atoms with van der Waals surface area (Å²) in [6.45, 7) is 2.17. The molecule has 0 spiro atoms. The highest BCUT2D eigenvalue weighted by molar-refractivity contribution is 9.14. The summed E-state index contributed by atoms with van der Waals surface area (Å²) in [6, 6.07) is 8.72. The molecule has 2 rings (SSSR count). The van der Waals surface area contributed by atoms with Gasteiger partial charge in [-0.2, -0.15) is 0 Å². The van der Waals surface area contributed by atoms with Crippen LogP contribution in [-0.4, -0.2) is 0 Å². The van der Waals surface area contributed by atoms with Gasteiger partial charge in [-0.15, -0.1) is 11.3 Å². The molecule has 0 aliphatic rings. The first-order valence-corrected chi connectivity index (χ1v) is 8.05. The molecule has 0 aliphatic heterocycles. The molecule has 0 bridgehead atoms. The van der Waals surface area contributed by atoms with Crippen molar-refractivity contribution in [1.82, 2.24) is 0 Å². The van der Waals surface area contributed by atoms with Gasteiger partial charge in [-0.3, -0.25) is 0 Å². The van der Waals surface area contributed by atoms with Crippen LogP contribution in [0.15, 0.2) is 37.0 Å². The van der Waals surface area contributed by atoms with Crippen LogP contribution in [0.5, 0.6) is 0 Å². The zero-order chi connectivity index (χ0) is 11.7. The average molecular weight is 425 g/mol. The first-order chi connectivity index (χ1) is 7.63. The predicted octanol–water partition coefficient (Wildman–Crippen LogP) is 6.27. The van der Waals surface area contributed by atoms with E-state index in [4.69, 9.17) is 0 Å². The first kappa shape index (κ1) is 12.8. The van der Waals surface area contributed by atoms with Gasteiger partial charge in [0.1, 0.15) is 0 Å². The van der Waals surface area contributed by atoms with Crippen molar-refractivity contribution >= 4 is 59.1 Å². The van der Waals surface area contributed by atoms with Crippen LogP contribution in [0.2, 0.25) is 0 Å². The minimum absolute atomic E-state index is 1.08. The molecule has 0 unspecified atom stereocenters. The average Bonchev–Trinajstić information content (AvgIpc) is 2.57. The van der Waals surface area contributed by atoms with Crippen molar-refractivity contribution in [2.24, 2.45) is 0 Å². The standard InChI is InChI=1S/C12H9Br3S/c1-2-7-3-5-8(6-4-7)11-9(13)10(14)12(15)16-11/h3-6H,2H2,1H3. The summed E-state index contributed by atoms with van der Waals surface area (Å²) in [6.07, 6.45) is 1.08. The lowest BCUT2D eigenvalue weighted by atomic mass is 10.1. The zero-order valence-corrected chi connectivity index (χ0v) is 14.1. The lowest BCUT2D eigenvalue weighted by Gasteiger charge is -2.01. The van der Waals surface area contributed by atoms with E-state index in [0.717, 1.165) is 19.2 Å². The Kier molecular flexibility index (Phi) is 4.27. The molecule has 0 saturated carbocycles. The second-order valence-electron chi connectivity index (χ2n) is 3.38. The van der Waals surface area contributed by atoms with E-state index in [1.54, 1.807) is 11.3 Å². The van der Waals surface area contributed by atoms with Gasteiger partial charge < -0.3 is 0 Å². The molecule has 0 nitrogen and oxygen atoms in total. The number of hydrogen-bond acceptors (Lipinski definition) is 1. The summed E-state index contributed by atoms with van der Waals surface area (Å²) in [5, 5.41) is 0. The molecule has 1 aromatic carbocycles. The third-order valence-corrected chi connectivity index (χ3v) is 7.47. The van der Waals surface area contributed by atoms with Gasteiger partial charge in [0.2, 0.25) is 0 Å². The second kappa shape index (κ2) is 5.34. The van der Waals surface area contributed by atoms with E-state index in [9.17, 15) is 0 Å². The summed E-state index contributed by atoms with van der Waals surface area (Å²) < 4.78 is 3.33. The predicted molar refractivity (Wildman–Crippen MR) is 82.2 cm³/mol. The molecule has 2 aromatic rings. The number of hydrogen-bond donors (Lipinski definition) is 0. The van der Waals surface area contributed by atoms with Crippen molar-refractivity contribution in [2.45, 2.75) is 13.3 Å². The van der Waals surface area contributed by atoms with Crippen molar-refractivity contribution in [3.63, 3.8) is 0 Å². The van der Waals surface area contributed by atoms with E-state index in [-0.39, 0.29) is 0 Å². The fourth-order valence-electron chi connectivity index (χ4n) is 1.44. The maximum Gasteiger partial charge on any atom is 0.0858 e.